The molecule has 0 amide bonds. The van der Waals surface area contributed by atoms with Gasteiger partial charge >= 0.3 is 39.5 Å². The van der Waals surface area contributed by atoms with Crippen LogP contribution in [0.15, 0.2) is 109 Å². The highest BCUT2D eigenvalue weighted by molar-refractivity contribution is 7.47. The van der Waals surface area contributed by atoms with Crippen LogP contribution in [0.4, 0.5) is 0 Å². The minimum atomic E-state index is -4.99. The van der Waals surface area contributed by atoms with E-state index in [9.17, 15) is 43.2 Å². The summed E-state index contributed by atoms with van der Waals surface area (Å²) in [6.07, 6.45) is 80.7. The molecule has 2 unspecified atom stereocenters. The van der Waals surface area contributed by atoms with Gasteiger partial charge in [-0.2, -0.15) is 0 Å². The van der Waals surface area contributed by atoms with Crippen molar-refractivity contribution in [2.75, 3.05) is 39.6 Å². The molecule has 0 spiro atoms. The van der Waals surface area contributed by atoms with Crippen molar-refractivity contribution in [1.82, 2.24) is 0 Å². The molecule has 0 aromatic rings. The van der Waals surface area contributed by atoms with E-state index < -0.39 is 97.5 Å². The van der Waals surface area contributed by atoms with Gasteiger partial charge in [-0.3, -0.25) is 37.3 Å². The average molecular weight is 1480 g/mol. The van der Waals surface area contributed by atoms with Crippen molar-refractivity contribution in [3.63, 3.8) is 0 Å². The van der Waals surface area contributed by atoms with Gasteiger partial charge in [-0.05, 0) is 148 Å². The Morgan fingerprint density at radius 2 is 0.520 bits per heavy atom. The van der Waals surface area contributed by atoms with Gasteiger partial charge in [0.1, 0.15) is 19.3 Å². The number of phosphoric acid groups is 2. The van der Waals surface area contributed by atoms with E-state index in [2.05, 4.69) is 125 Å². The van der Waals surface area contributed by atoms with E-state index in [1.807, 2.05) is 12.2 Å². The van der Waals surface area contributed by atoms with Gasteiger partial charge in [-0.1, -0.05) is 272 Å². The number of phosphoric ester groups is 2. The van der Waals surface area contributed by atoms with Gasteiger partial charge in [-0.25, -0.2) is 9.13 Å². The number of rotatable bonds is 75. The van der Waals surface area contributed by atoms with Gasteiger partial charge in [0, 0.05) is 25.7 Å². The number of carbonyl (C=O) groups excluding carboxylic acids is 4. The van der Waals surface area contributed by atoms with Crippen LogP contribution in [0.2, 0.25) is 0 Å². The number of carbonyl (C=O) groups is 4. The lowest BCUT2D eigenvalue weighted by Gasteiger charge is -2.21. The molecule has 588 valence electrons. The van der Waals surface area contributed by atoms with E-state index in [4.69, 9.17) is 37.0 Å². The molecule has 19 heteroatoms. The second kappa shape index (κ2) is 75.0. The molecular weight excluding hydrogens is 1330 g/mol. The molecule has 0 aromatic heterocycles. The minimum absolute atomic E-state index is 0.0165. The summed E-state index contributed by atoms with van der Waals surface area (Å²) >= 11 is 0. The Balaban J connectivity index is 5.44. The predicted octanol–water partition coefficient (Wildman–Crippen LogP) is 23.3. The molecule has 0 aromatic carbocycles. The molecule has 0 aliphatic carbocycles. The maximum absolute atomic E-state index is 13.1. The van der Waals surface area contributed by atoms with Crippen molar-refractivity contribution in [3.05, 3.63) is 109 Å². The van der Waals surface area contributed by atoms with Gasteiger partial charge in [0.25, 0.3) is 0 Å². The minimum Gasteiger partial charge on any atom is -0.462 e. The van der Waals surface area contributed by atoms with Crippen molar-refractivity contribution in [1.29, 1.82) is 0 Å². The highest BCUT2D eigenvalue weighted by Gasteiger charge is 2.30. The Bertz CT molecular complexity index is 2360. The SMILES string of the molecule is CCCCC/C=C\C/C=C\C/C=C\C/C=C\CCCC(=O)O[C@H](COC(=O)CCCCCCC/C=C\CCCCCCCC)COP(=O)(O)OC[C@H](O)COP(=O)(O)OC[C@@H](COC(=O)CCCCCCC/C=C\C/C=C\CCCCC)OC(=O)CCCCCCC/C=C\C=C/CCCCCC. The summed E-state index contributed by atoms with van der Waals surface area (Å²) in [6, 6.07) is 0. The summed E-state index contributed by atoms with van der Waals surface area (Å²) in [4.78, 5) is 73.0. The van der Waals surface area contributed by atoms with E-state index in [-0.39, 0.29) is 25.7 Å². The third-order valence-corrected chi connectivity index (χ3v) is 18.6. The van der Waals surface area contributed by atoms with Crippen LogP contribution in [0.1, 0.15) is 336 Å². The van der Waals surface area contributed by atoms with Crippen LogP contribution >= 0.6 is 15.6 Å². The molecule has 5 atom stereocenters. The number of aliphatic hydroxyl groups is 1. The lowest BCUT2D eigenvalue weighted by atomic mass is 10.1. The van der Waals surface area contributed by atoms with Gasteiger partial charge < -0.3 is 33.8 Å². The number of aliphatic hydroxyl groups excluding tert-OH is 1. The van der Waals surface area contributed by atoms with Crippen LogP contribution in [0, 0.1) is 0 Å². The van der Waals surface area contributed by atoms with Gasteiger partial charge in [0.2, 0.25) is 0 Å². The standard InChI is InChI=1S/C83H144O17P2/c1-5-9-13-17-21-25-29-33-37-38-42-46-50-54-58-62-66-70-83(88)100-79(74-94-81(86)68-64-60-56-52-48-44-40-35-31-27-23-19-15-11-7-3)76-98-102(91,92)96-72-77(84)71-95-101(89,90)97-75-78(99-82(87)69-65-61-57-53-49-45-41-36-32-28-24-20-16-12-8-4)73-93-80(85)67-63-59-55-51-47-43-39-34-30-26-22-18-14-10-6-2/h21-22,25-26,28,32-37,39-42,46,54,58,77-79,84H,5-20,23-24,27,29-31,38,43-45,47-53,55-57,59-76H2,1-4H3,(H,89,90)(H,91,92)/b25-21-,26-22-,32-28-,37-33-,39-34-,40-35-,41-36-,46-42-,58-54-/t77-,78-,79-/m1/s1. The van der Waals surface area contributed by atoms with Crippen molar-refractivity contribution in [3.8, 4) is 0 Å². The number of esters is 4. The molecule has 3 N–H and O–H groups in total. The summed E-state index contributed by atoms with van der Waals surface area (Å²) in [5.74, 6) is -2.27. The van der Waals surface area contributed by atoms with Gasteiger partial charge in [-0.15, -0.1) is 0 Å². The zero-order chi connectivity index (χ0) is 74.6. The summed E-state index contributed by atoms with van der Waals surface area (Å²) in [5.41, 5.74) is 0. The van der Waals surface area contributed by atoms with E-state index in [0.29, 0.717) is 32.1 Å². The van der Waals surface area contributed by atoms with Crippen LogP contribution in [-0.2, 0) is 65.4 Å². The quantitative estimate of drug-likeness (QED) is 0.0128. The normalized spacial score (nSPS) is 14.5. The summed E-state index contributed by atoms with van der Waals surface area (Å²) in [6.45, 7) is 4.72. The summed E-state index contributed by atoms with van der Waals surface area (Å²) in [7, 11) is -9.98. The molecule has 0 heterocycles. The number of ether oxygens (including phenoxy) is 4. The second-order valence-electron chi connectivity index (χ2n) is 26.7. The smallest absolute Gasteiger partial charge is 0.462 e. The van der Waals surface area contributed by atoms with E-state index in [0.717, 1.165) is 148 Å². The highest BCUT2D eigenvalue weighted by atomic mass is 31.2. The average Bonchev–Trinajstić information content (AvgIpc) is 0.917. The Morgan fingerprint density at radius 3 is 0.873 bits per heavy atom. The lowest BCUT2D eigenvalue weighted by Crippen LogP contribution is -2.30. The highest BCUT2D eigenvalue weighted by Crippen LogP contribution is 2.45. The van der Waals surface area contributed by atoms with Crippen molar-refractivity contribution in [2.45, 2.75) is 354 Å². The number of hydrogen-bond donors (Lipinski definition) is 3. The molecule has 0 bridgehead atoms. The van der Waals surface area contributed by atoms with Crippen molar-refractivity contribution < 1.29 is 80.2 Å². The first kappa shape index (κ1) is 97.7. The van der Waals surface area contributed by atoms with Gasteiger partial charge in [0.15, 0.2) is 12.2 Å². The molecule has 0 fully saturated rings. The van der Waals surface area contributed by atoms with Crippen LogP contribution in [0.3, 0.4) is 0 Å². The molecule has 0 aliphatic rings. The maximum atomic E-state index is 13.1. The Labute approximate surface area is 619 Å². The number of allylic oxidation sites excluding steroid dienone is 18. The first-order chi connectivity index (χ1) is 49.7. The topological polar surface area (TPSA) is 237 Å². The van der Waals surface area contributed by atoms with Crippen molar-refractivity contribution in [2.24, 2.45) is 0 Å². The number of hydrogen-bond acceptors (Lipinski definition) is 15. The summed E-state index contributed by atoms with van der Waals surface area (Å²) < 4.78 is 68.5. The zero-order valence-corrected chi connectivity index (χ0v) is 66.0. The first-order valence-corrected chi connectivity index (χ1v) is 43.1. The fourth-order valence-corrected chi connectivity index (χ4v) is 12.1. The zero-order valence-electron chi connectivity index (χ0n) is 64.3. The van der Waals surface area contributed by atoms with Crippen LogP contribution < -0.4 is 0 Å². The number of unbranched alkanes of at least 4 members (excludes halogenated alkanes) is 32. The predicted molar refractivity (Wildman–Crippen MR) is 418 cm³/mol. The van der Waals surface area contributed by atoms with E-state index in [1.165, 1.54) is 103 Å². The fourth-order valence-electron chi connectivity index (χ4n) is 10.5. The third-order valence-electron chi connectivity index (χ3n) is 16.7. The maximum Gasteiger partial charge on any atom is 0.472 e. The van der Waals surface area contributed by atoms with Crippen LogP contribution in [0.5, 0.6) is 0 Å². The van der Waals surface area contributed by atoms with E-state index in [1.54, 1.807) is 0 Å². The van der Waals surface area contributed by atoms with Crippen LogP contribution in [-0.4, -0.2) is 96.7 Å². The summed E-state index contributed by atoms with van der Waals surface area (Å²) in [5, 5.41) is 10.6. The molecule has 102 heavy (non-hydrogen) atoms. The second-order valence-corrected chi connectivity index (χ2v) is 29.6. The molecule has 0 aliphatic heterocycles. The Morgan fingerprint density at radius 1 is 0.284 bits per heavy atom. The fraction of sp³-hybridized carbons (Fsp3) is 0.735. The molecular formula is C83H144O17P2. The van der Waals surface area contributed by atoms with Crippen LogP contribution in [0.25, 0.3) is 0 Å². The monoisotopic (exact) mass is 1470 g/mol. The van der Waals surface area contributed by atoms with E-state index >= 15 is 0 Å². The largest absolute Gasteiger partial charge is 0.472 e. The van der Waals surface area contributed by atoms with Gasteiger partial charge in [0.05, 0.1) is 26.4 Å². The first-order valence-electron chi connectivity index (χ1n) is 40.1. The van der Waals surface area contributed by atoms with Crippen molar-refractivity contribution >= 4 is 39.5 Å². The molecule has 0 saturated heterocycles. The Hall–Kier alpha value is -4.28. The molecule has 0 rings (SSSR count). The Kier molecular flexibility index (Phi) is 71.8. The molecule has 17 nitrogen and oxygen atoms in total. The molecule has 0 radical (unpaired) electrons. The molecule has 0 saturated carbocycles. The lowest BCUT2D eigenvalue weighted by molar-refractivity contribution is -0.161. The third kappa shape index (κ3) is 74.0.